The summed E-state index contributed by atoms with van der Waals surface area (Å²) >= 11 is 0. The van der Waals surface area contributed by atoms with Gasteiger partial charge in [-0.1, -0.05) is 57.2 Å². The first-order chi connectivity index (χ1) is 14.1. The lowest BCUT2D eigenvalue weighted by atomic mass is 10.1. The van der Waals surface area contributed by atoms with Crippen LogP contribution in [0.25, 0.3) is 0 Å². The standard InChI is InChI=1S/C22H31N5O2/c1-3-4-5-6-7-11-14-27-20(28)18-19(24(2)22(27)29)23-21-25(15-16-26(18)21)17-12-9-8-10-13-17/h8-10,12-13,18-19H,3-7,11,14-16H2,1-2H3. The van der Waals surface area contributed by atoms with Gasteiger partial charge in [0.2, 0.25) is 5.96 Å². The van der Waals surface area contributed by atoms with Gasteiger partial charge in [0, 0.05) is 32.4 Å². The number of anilines is 1. The molecule has 0 spiro atoms. The lowest BCUT2D eigenvalue weighted by Gasteiger charge is -2.40. The molecule has 3 heterocycles. The summed E-state index contributed by atoms with van der Waals surface area (Å²) in [6, 6.07) is 9.48. The van der Waals surface area contributed by atoms with E-state index in [1.807, 2.05) is 18.2 Å². The molecule has 3 aliphatic heterocycles. The fourth-order valence-corrected chi connectivity index (χ4v) is 4.55. The molecule has 0 radical (unpaired) electrons. The van der Waals surface area contributed by atoms with Crippen LogP contribution in [0.4, 0.5) is 10.5 Å². The van der Waals surface area contributed by atoms with Crippen molar-refractivity contribution >= 4 is 23.6 Å². The van der Waals surface area contributed by atoms with Crippen molar-refractivity contribution in [1.82, 2.24) is 14.7 Å². The molecular weight excluding hydrogens is 366 g/mol. The van der Waals surface area contributed by atoms with Crippen LogP contribution in [0.1, 0.15) is 45.4 Å². The van der Waals surface area contributed by atoms with Crippen LogP contribution in [-0.2, 0) is 4.79 Å². The predicted octanol–water partition coefficient (Wildman–Crippen LogP) is 3.13. The highest BCUT2D eigenvalue weighted by atomic mass is 16.2. The molecule has 3 aliphatic rings. The Kier molecular flexibility index (Phi) is 5.74. The highest BCUT2D eigenvalue weighted by Gasteiger charge is 2.54. The first kappa shape index (κ1) is 19.7. The van der Waals surface area contributed by atoms with Gasteiger partial charge in [0.05, 0.1) is 0 Å². The molecule has 4 rings (SSSR count). The van der Waals surface area contributed by atoms with E-state index in [1.165, 1.54) is 24.2 Å². The van der Waals surface area contributed by atoms with Gasteiger partial charge in [-0.15, -0.1) is 0 Å². The Morgan fingerprint density at radius 1 is 1.00 bits per heavy atom. The van der Waals surface area contributed by atoms with Gasteiger partial charge >= 0.3 is 6.03 Å². The van der Waals surface area contributed by atoms with Crippen molar-refractivity contribution in [3.63, 3.8) is 0 Å². The molecule has 3 amide bonds. The number of unbranched alkanes of at least 4 members (excludes halogenated alkanes) is 5. The topological polar surface area (TPSA) is 59.5 Å². The number of rotatable bonds is 8. The number of benzene rings is 1. The summed E-state index contributed by atoms with van der Waals surface area (Å²) in [4.78, 5) is 38.2. The quantitative estimate of drug-likeness (QED) is 0.633. The molecule has 2 fully saturated rings. The number of nitrogens with zero attached hydrogens (tertiary/aromatic N) is 5. The Balaban J connectivity index is 1.45. The molecule has 0 aliphatic carbocycles. The van der Waals surface area contributed by atoms with E-state index in [-0.39, 0.29) is 11.9 Å². The molecule has 156 valence electrons. The van der Waals surface area contributed by atoms with Gasteiger partial charge in [-0.2, -0.15) is 0 Å². The monoisotopic (exact) mass is 397 g/mol. The molecule has 0 N–H and O–H groups in total. The smallest absolute Gasteiger partial charge is 0.325 e. The second-order valence-corrected chi connectivity index (χ2v) is 8.12. The van der Waals surface area contributed by atoms with Crippen molar-refractivity contribution < 1.29 is 9.59 Å². The zero-order valence-corrected chi connectivity index (χ0v) is 17.5. The zero-order valence-electron chi connectivity index (χ0n) is 17.5. The maximum Gasteiger partial charge on any atom is 0.328 e. The molecule has 29 heavy (non-hydrogen) atoms. The normalized spacial score (nSPS) is 23.6. The van der Waals surface area contributed by atoms with Crippen LogP contribution in [-0.4, -0.2) is 71.5 Å². The van der Waals surface area contributed by atoms with Crippen molar-refractivity contribution in [3.05, 3.63) is 30.3 Å². The van der Waals surface area contributed by atoms with Crippen LogP contribution in [0.5, 0.6) is 0 Å². The highest BCUT2D eigenvalue weighted by molar-refractivity contribution is 6.07. The second-order valence-electron chi connectivity index (χ2n) is 8.12. The van der Waals surface area contributed by atoms with E-state index in [9.17, 15) is 9.59 Å². The van der Waals surface area contributed by atoms with Crippen molar-refractivity contribution in [2.75, 3.05) is 31.6 Å². The van der Waals surface area contributed by atoms with Crippen LogP contribution in [0.15, 0.2) is 35.3 Å². The molecular formula is C22H31N5O2. The number of imide groups is 1. The first-order valence-electron chi connectivity index (χ1n) is 10.9. The number of hydrogen-bond acceptors (Lipinski definition) is 5. The SMILES string of the molecule is CCCCCCCCN1C(=O)C2C(N=C3N(c4ccccc4)CCN32)N(C)C1=O. The summed E-state index contributed by atoms with van der Waals surface area (Å²) in [6.45, 7) is 4.25. The number of aliphatic imine (C=N–C) groups is 1. The number of fused-ring (bicyclic) bond motifs is 3. The van der Waals surface area contributed by atoms with Gasteiger partial charge in [0.1, 0.15) is 0 Å². The Labute approximate surface area is 173 Å². The van der Waals surface area contributed by atoms with Gasteiger partial charge in [-0.05, 0) is 18.6 Å². The molecule has 1 aromatic rings. The molecule has 7 nitrogen and oxygen atoms in total. The van der Waals surface area contributed by atoms with Gasteiger partial charge in [0.15, 0.2) is 12.2 Å². The average Bonchev–Trinajstić information content (AvgIpc) is 3.31. The Morgan fingerprint density at radius 2 is 1.72 bits per heavy atom. The molecule has 2 saturated heterocycles. The lowest BCUT2D eigenvalue weighted by molar-refractivity contribution is -0.137. The zero-order chi connectivity index (χ0) is 20.4. The molecule has 0 saturated carbocycles. The summed E-state index contributed by atoms with van der Waals surface area (Å²) in [5.74, 6) is 0.709. The number of guanidine groups is 1. The minimum atomic E-state index is -0.433. The second kappa shape index (κ2) is 8.43. The first-order valence-corrected chi connectivity index (χ1v) is 10.9. The number of carbonyl (C=O) groups is 2. The third kappa shape index (κ3) is 3.58. The van der Waals surface area contributed by atoms with E-state index >= 15 is 0 Å². The minimum absolute atomic E-state index is 0.0969. The molecule has 2 atom stereocenters. The minimum Gasteiger partial charge on any atom is -0.325 e. The van der Waals surface area contributed by atoms with Crippen molar-refractivity contribution in [2.45, 2.75) is 57.7 Å². The van der Waals surface area contributed by atoms with Crippen molar-refractivity contribution in [3.8, 4) is 0 Å². The number of carbonyl (C=O) groups excluding carboxylic acids is 2. The summed E-state index contributed by atoms with van der Waals surface area (Å²) in [6.07, 6.45) is 6.35. The van der Waals surface area contributed by atoms with Crippen molar-refractivity contribution in [1.29, 1.82) is 0 Å². The summed E-state index contributed by atoms with van der Waals surface area (Å²) < 4.78 is 0. The predicted molar refractivity (Wildman–Crippen MR) is 114 cm³/mol. The van der Waals surface area contributed by atoms with Gasteiger partial charge in [0.25, 0.3) is 5.91 Å². The molecule has 0 bridgehead atoms. The number of amides is 3. The maximum absolute atomic E-state index is 13.3. The molecule has 2 unspecified atom stereocenters. The van der Waals surface area contributed by atoms with E-state index in [1.54, 1.807) is 11.9 Å². The lowest BCUT2D eigenvalue weighted by Crippen LogP contribution is -2.64. The number of hydrogen-bond donors (Lipinski definition) is 0. The van der Waals surface area contributed by atoms with E-state index in [2.05, 4.69) is 28.9 Å². The summed E-state index contributed by atoms with van der Waals surface area (Å²) in [5, 5.41) is 0. The van der Waals surface area contributed by atoms with E-state index in [4.69, 9.17) is 4.99 Å². The van der Waals surface area contributed by atoms with Crippen molar-refractivity contribution in [2.24, 2.45) is 4.99 Å². The molecule has 1 aromatic carbocycles. The van der Waals surface area contributed by atoms with Gasteiger partial charge in [-0.25, -0.2) is 9.79 Å². The van der Waals surface area contributed by atoms with E-state index in [0.717, 1.165) is 44.0 Å². The Morgan fingerprint density at radius 3 is 2.48 bits per heavy atom. The highest BCUT2D eigenvalue weighted by Crippen LogP contribution is 2.33. The van der Waals surface area contributed by atoms with Gasteiger partial charge < -0.3 is 14.7 Å². The van der Waals surface area contributed by atoms with Crippen LogP contribution in [0, 0.1) is 0 Å². The summed E-state index contributed by atoms with van der Waals surface area (Å²) in [5.41, 5.74) is 1.07. The largest absolute Gasteiger partial charge is 0.328 e. The Bertz CT molecular complexity index is 781. The van der Waals surface area contributed by atoms with E-state index < -0.39 is 12.2 Å². The number of likely N-dealkylation sites (N-methyl/N-ethyl adjacent to an activating group) is 1. The van der Waals surface area contributed by atoms with Crippen LogP contribution < -0.4 is 4.90 Å². The Hall–Kier alpha value is -2.57. The van der Waals surface area contributed by atoms with Crippen LogP contribution in [0.3, 0.4) is 0 Å². The fraction of sp³-hybridized carbons (Fsp3) is 0.591. The van der Waals surface area contributed by atoms with E-state index in [0.29, 0.717) is 6.54 Å². The third-order valence-electron chi connectivity index (χ3n) is 6.18. The maximum atomic E-state index is 13.3. The third-order valence-corrected chi connectivity index (χ3v) is 6.18. The number of para-hydroxylation sites is 1. The summed E-state index contributed by atoms with van der Waals surface area (Å²) in [7, 11) is 1.76. The van der Waals surface area contributed by atoms with Gasteiger partial charge in [-0.3, -0.25) is 9.69 Å². The number of urea groups is 1. The molecule has 7 heteroatoms. The van der Waals surface area contributed by atoms with Crippen LogP contribution in [0.2, 0.25) is 0 Å². The van der Waals surface area contributed by atoms with Crippen LogP contribution >= 0.6 is 0 Å². The fourth-order valence-electron chi connectivity index (χ4n) is 4.55. The average molecular weight is 398 g/mol. The molecule has 0 aromatic heterocycles.